The van der Waals surface area contributed by atoms with Crippen molar-refractivity contribution < 1.29 is 4.79 Å². The molecule has 0 radical (unpaired) electrons. The van der Waals surface area contributed by atoms with E-state index in [1.165, 1.54) is 0 Å². The average molecular weight is 259 g/mol. The highest BCUT2D eigenvalue weighted by Crippen LogP contribution is 2.12. The zero-order valence-electron chi connectivity index (χ0n) is 10.8. The molecule has 0 saturated heterocycles. The van der Waals surface area contributed by atoms with E-state index in [9.17, 15) is 4.79 Å². The predicted octanol–water partition coefficient (Wildman–Crippen LogP) is 1.33. The summed E-state index contributed by atoms with van der Waals surface area (Å²) in [6.45, 7) is 1.99. The molecule has 0 bridgehead atoms. The zero-order chi connectivity index (χ0) is 13.7. The second kappa shape index (κ2) is 6.10. The number of anilines is 1. The fourth-order valence-electron chi connectivity index (χ4n) is 1.74. The Morgan fingerprint density at radius 2 is 2.16 bits per heavy atom. The van der Waals surface area contributed by atoms with Gasteiger partial charge in [-0.25, -0.2) is 0 Å². The maximum absolute atomic E-state index is 11.9. The number of hydrogen-bond acceptors (Lipinski definition) is 4. The fourth-order valence-corrected chi connectivity index (χ4v) is 1.74. The van der Waals surface area contributed by atoms with Gasteiger partial charge < -0.3 is 5.73 Å². The van der Waals surface area contributed by atoms with E-state index in [1.54, 1.807) is 10.9 Å². The number of nitrogens with zero attached hydrogens (tertiary/aromatic N) is 3. The van der Waals surface area contributed by atoms with E-state index in [0.717, 1.165) is 12.1 Å². The molecule has 0 aliphatic heterocycles. The number of nitrogens with one attached hydrogen (secondary N) is 1. The molecule has 3 N–H and O–H groups in total. The minimum Gasteiger partial charge on any atom is -0.320 e. The molecule has 19 heavy (non-hydrogen) atoms. The lowest BCUT2D eigenvalue weighted by Gasteiger charge is -2.11. The highest BCUT2D eigenvalue weighted by Gasteiger charge is 2.15. The van der Waals surface area contributed by atoms with Crippen molar-refractivity contribution >= 4 is 11.9 Å². The lowest BCUT2D eigenvalue weighted by Crippen LogP contribution is -2.36. The van der Waals surface area contributed by atoms with E-state index in [4.69, 9.17) is 5.73 Å². The van der Waals surface area contributed by atoms with Gasteiger partial charge in [0.2, 0.25) is 11.9 Å². The first-order valence-corrected chi connectivity index (χ1v) is 6.24. The third-order valence-corrected chi connectivity index (χ3v) is 2.75. The largest absolute Gasteiger partial charge is 0.320 e. The van der Waals surface area contributed by atoms with Crippen LogP contribution in [0.2, 0.25) is 0 Å². The Labute approximate surface area is 111 Å². The van der Waals surface area contributed by atoms with Crippen LogP contribution in [0.3, 0.4) is 0 Å². The molecule has 1 aromatic carbocycles. The van der Waals surface area contributed by atoms with Gasteiger partial charge in [0.25, 0.3) is 0 Å². The van der Waals surface area contributed by atoms with Crippen LogP contribution < -0.4 is 11.1 Å². The summed E-state index contributed by atoms with van der Waals surface area (Å²) in [5.74, 6) is 0.134. The van der Waals surface area contributed by atoms with Crippen molar-refractivity contribution in [2.45, 2.75) is 25.8 Å². The lowest BCUT2D eigenvalue weighted by molar-refractivity contribution is -0.117. The summed E-state index contributed by atoms with van der Waals surface area (Å²) in [5.41, 5.74) is 6.64. The number of amides is 1. The van der Waals surface area contributed by atoms with Crippen LogP contribution in [-0.2, 0) is 4.79 Å². The molecule has 100 valence electrons. The van der Waals surface area contributed by atoms with E-state index in [0.29, 0.717) is 12.4 Å². The summed E-state index contributed by atoms with van der Waals surface area (Å²) in [6, 6.07) is 9.03. The number of rotatable bonds is 5. The molecule has 0 fully saturated rings. The third-order valence-electron chi connectivity index (χ3n) is 2.75. The van der Waals surface area contributed by atoms with E-state index in [2.05, 4.69) is 15.5 Å². The molecule has 0 aliphatic rings. The van der Waals surface area contributed by atoms with Gasteiger partial charge in [0.05, 0.1) is 11.7 Å². The van der Waals surface area contributed by atoms with Crippen LogP contribution in [0.4, 0.5) is 5.95 Å². The Balaban J connectivity index is 2.15. The zero-order valence-corrected chi connectivity index (χ0v) is 10.8. The summed E-state index contributed by atoms with van der Waals surface area (Å²) in [7, 11) is 0. The van der Waals surface area contributed by atoms with Gasteiger partial charge in [0.1, 0.15) is 6.33 Å². The number of benzene rings is 1. The maximum atomic E-state index is 11.9. The first-order valence-electron chi connectivity index (χ1n) is 6.24. The molecule has 1 heterocycles. The van der Waals surface area contributed by atoms with Crippen LogP contribution in [-0.4, -0.2) is 26.7 Å². The summed E-state index contributed by atoms with van der Waals surface area (Å²) >= 11 is 0. The Morgan fingerprint density at radius 1 is 1.42 bits per heavy atom. The van der Waals surface area contributed by atoms with Gasteiger partial charge in [-0.2, -0.15) is 0 Å². The third kappa shape index (κ3) is 3.17. The molecule has 1 amide bonds. The van der Waals surface area contributed by atoms with E-state index >= 15 is 0 Å². The molecular weight excluding hydrogens is 242 g/mol. The van der Waals surface area contributed by atoms with Gasteiger partial charge in [-0.3, -0.25) is 14.7 Å². The number of nitrogens with two attached hydrogens (primary N) is 1. The highest BCUT2D eigenvalue weighted by atomic mass is 16.2. The van der Waals surface area contributed by atoms with Crippen LogP contribution in [0.25, 0.3) is 5.69 Å². The number of carbonyl (C=O) groups is 1. The highest BCUT2D eigenvalue weighted by molar-refractivity contribution is 5.93. The van der Waals surface area contributed by atoms with E-state index < -0.39 is 6.04 Å². The Morgan fingerprint density at radius 3 is 2.84 bits per heavy atom. The van der Waals surface area contributed by atoms with Crippen molar-refractivity contribution in [2.75, 3.05) is 5.32 Å². The van der Waals surface area contributed by atoms with Gasteiger partial charge >= 0.3 is 0 Å². The van der Waals surface area contributed by atoms with Crippen LogP contribution in [0.5, 0.6) is 0 Å². The SMILES string of the molecule is CCCC(N)C(=O)Nc1nncn1-c1ccccc1. The molecule has 1 atom stereocenters. The maximum Gasteiger partial charge on any atom is 0.243 e. The normalized spacial score (nSPS) is 12.1. The number of para-hydroxylation sites is 1. The Kier molecular flexibility index (Phi) is 4.25. The minimum atomic E-state index is -0.522. The van der Waals surface area contributed by atoms with E-state index in [-0.39, 0.29) is 5.91 Å². The fraction of sp³-hybridized carbons (Fsp3) is 0.308. The van der Waals surface area contributed by atoms with Crippen LogP contribution >= 0.6 is 0 Å². The molecule has 0 aliphatic carbocycles. The van der Waals surface area contributed by atoms with Crippen molar-refractivity contribution in [1.82, 2.24) is 14.8 Å². The van der Waals surface area contributed by atoms with Crippen LogP contribution in [0.15, 0.2) is 36.7 Å². The number of carbonyl (C=O) groups excluding carboxylic acids is 1. The summed E-state index contributed by atoms with van der Waals surface area (Å²) in [4.78, 5) is 11.9. The first-order chi connectivity index (χ1) is 9.22. The number of aromatic nitrogens is 3. The summed E-state index contributed by atoms with van der Waals surface area (Å²) in [5, 5.41) is 10.4. The van der Waals surface area contributed by atoms with Crippen molar-refractivity contribution in [3.8, 4) is 5.69 Å². The van der Waals surface area contributed by atoms with Gasteiger partial charge in [-0.15, -0.1) is 10.2 Å². The van der Waals surface area contributed by atoms with Crippen LogP contribution in [0, 0.1) is 0 Å². The quantitative estimate of drug-likeness (QED) is 0.848. The second-order valence-corrected chi connectivity index (χ2v) is 4.24. The molecule has 2 rings (SSSR count). The van der Waals surface area contributed by atoms with Gasteiger partial charge in [-0.05, 0) is 18.6 Å². The number of hydrogen-bond donors (Lipinski definition) is 2. The van der Waals surface area contributed by atoms with Crippen molar-refractivity contribution in [2.24, 2.45) is 5.73 Å². The monoisotopic (exact) mass is 259 g/mol. The van der Waals surface area contributed by atoms with Crippen molar-refractivity contribution in [3.63, 3.8) is 0 Å². The van der Waals surface area contributed by atoms with Crippen molar-refractivity contribution in [3.05, 3.63) is 36.7 Å². The standard InChI is InChI=1S/C13H17N5O/c1-2-6-11(14)12(19)16-13-17-15-9-18(13)10-7-4-3-5-8-10/h3-5,7-9,11H,2,6,14H2,1H3,(H,16,17,19). The smallest absolute Gasteiger partial charge is 0.243 e. The van der Waals surface area contributed by atoms with Crippen molar-refractivity contribution in [1.29, 1.82) is 0 Å². The molecule has 2 aromatic rings. The Bertz CT molecular complexity index is 537. The minimum absolute atomic E-state index is 0.243. The van der Waals surface area contributed by atoms with Gasteiger partial charge in [0, 0.05) is 0 Å². The molecule has 1 aromatic heterocycles. The summed E-state index contributed by atoms with van der Waals surface area (Å²) < 4.78 is 1.70. The summed E-state index contributed by atoms with van der Waals surface area (Å²) in [6.07, 6.45) is 3.06. The molecular formula is C13H17N5O. The topological polar surface area (TPSA) is 85.8 Å². The molecule has 1 unspecified atom stereocenters. The Hall–Kier alpha value is -2.21. The van der Waals surface area contributed by atoms with Gasteiger partial charge in [-0.1, -0.05) is 31.5 Å². The second-order valence-electron chi connectivity index (χ2n) is 4.24. The van der Waals surface area contributed by atoms with Gasteiger partial charge in [0.15, 0.2) is 0 Å². The first kappa shape index (κ1) is 13.2. The van der Waals surface area contributed by atoms with Crippen LogP contribution in [0.1, 0.15) is 19.8 Å². The molecule has 0 spiro atoms. The molecule has 0 saturated carbocycles. The predicted molar refractivity (Wildman–Crippen MR) is 72.9 cm³/mol. The van der Waals surface area contributed by atoms with E-state index in [1.807, 2.05) is 37.3 Å². The lowest BCUT2D eigenvalue weighted by atomic mass is 10.2. The molecule has 6 heteroatoms. The average Bonchev–Trinajstić information content (AvgIpc) is 2.88. The molecule has 6 nitrogen and oxygen atoms in total.